The summed E-state index contributed by atoms with van der Waals surface area (Å²) in [6.07, 6.45) is 1.86. The second kappa shape index (κ2) is 9.80. The van der Waals surface area contributed by atoms with Gasteiger partial charge in [-0.15, -0.1) is 23.1 Å². The Kier molecular flexibility index (Phi) is 7.17. The highest BCUT2D eigenvalue weighted by molar-refractivity contribution is 8.04. The number of carbonyl (C=O) groups is 2. The largest absolute Gasteiger partial charge is 0.496 e. The van der Waals surface area contributed by atoms with Gasteiger partial charge in [0.25, 0.3) is 11.8 Å². The first-order chi connectivity index (χ1) is 13.6. The number of thioether (sulfide) groups is 1. The Morgan fingerprint density at radius 3 is 2.79 bits per heavy atom. The molecule has 0 saturated heterocycles. The number of hydrogen-bond donors (Lipinski definition) is 2. The van der Waals surface area contributed by atoms with Crippen LogP contribution in [0.1, 0.15) is 48.0 Å². The van der Waals surface area contributed by atoms with E-state index in [1.165, 1.54) is 11.8 Å². The van der Waals surface area contributed by atoms with Crippen LogP contribution in [-0.2, 0) is 9.53 Å². The third-order valence-corrected chi connectivity index (χ3v) is 6.44. The average Bonchev–Trinajstić information content (AvgIpc) is 3.23. The topological polar surface area (TPSA) is 67.4 Å². The van der Waals surface area contributed by atoms with Crippen molar-refractivity contribution in [2.45, 2.75) is 32.7 Å². The Balaban J connectivity index is 1.70. The van der Waals surface area contributed by atoms with Gasteiger partial charge in [0.05, 0.1) is 12.6 Å². The van der Waals surface area contributed by atoms with E-state index < -0.39 is 0 Å². The molecule has 0 unspecified atom stereocenters. The number of hydrogen-bond acceptors (Lipinski definition) is 5. The van der Waals surface area contributed by atoms with Crippen molar-refractivity contribution in [1.29, 1.82) is 0 Å². The molecular weight excluding hydrogens is 392 g/mol. The number of carbonyl (C=O) groups excluding carboxylic acids is 2. The molecule has 2 amide bonds. The molecule has 1 atom stereocenters. The van der Waals surface area contributed by atoms with Crippen molar-refractivity contribution in [3.63, 3.8) is 0 Å². The van der Waals surface area contributed by atoms with Gasteiger partial charge in [-0.2, -0.15) is 0 Å². The lowest BCUT2D eigenvalue weighted by molar-refractivity contribution is -0.112. The van der Waals surface area contributed by atoms with Crippen LogP contribution < -0.4 is 10.6 Å². The zero-order valence-corrected chi connectivity index (χ0v) is 17.6. The molecule has 2 N–H and O–H groups in total. The van der Waals surface area contributed by atoms with E-state index in [1.807, 2.05) is 17.5 Å². The minimum Gasteiger partial charge on any atom is -0.496 e. The second-order valence-corrected chi connectivity index (χ2v) is 8.53. The van der Waals surface area contributed by atoms with E-state index in [0.29, 0.717) is 28.5 Å². The standard InChI is InChI=1S/C21H24N2O3S2/c1-3-6-17(18-9-5-11-27-18)23-20(24)15-7-4-8-16(13-15)22-21(25)19-14(2)26-10-12-28-19/h4-5,7-9,11,13,17H,3,6,10,12H2,1-2H3,(H,22,25)(H,23,24)/t17-/m0/s1. The van der Waals surface area contributed by atoms with E-state index in [4.69, 9.17) is 4.74 Å². The number of nitrogens with one attached hydrogen (secondary N) is 2. The number of rotatable bonds is 7. The van der Waals surface area contributed by atoms with Gasteiger partial charge in [-0.25, -0.2) is 0 Å². The third-order valence-electron chi connectivity index (χ3n) is 4.33. The Morgan fingerprint density at radius 1 is 1.21 bits per heavy atom. The van der Waals surface area contributed by atoms with Gasteiger partial charge in [0, 0.05) is 21.9 Å². The van der Waals surface area contributed by atoms with Crippen molar-refractivity contribution < 1.29 is 14.3 Å². The van der Waals surface area contributed by atoms with E-state index in [1.54, 1.807) is 42.5 Å². The summed E-state index contributed by atoms with van der Waals surface area (Å²) in [5.41, 5.74) is 1.11. The zero-order chi connectivity index (χ0) is 19.9. The molecule has 0 bridgehead atoms. The molecule has 0 saturated carbocycles. The summed E-state index contributed by atoms with van der Waals surface area (Å²) in [5.74, 6) is 1.04. The van der Waals surface area contributed by atoms with Crippen molar-refractivity contribution >= 4 is 40.6 Å². The van der Waals surface area contributed by atoms with Crippen molar-refractivity contribution in [3.05, 3.63) is 62.9 Å². The van der Waals surface area contributed by atoms with Crippen LogP contribution in [0.25, 0.3) is 0 Å². The molecule has 5 nitrogen and oxygen atoms in total. The Bertz CT molecular complexity index is 862. The summed E-state index contributed by atoms with van der Waals surface area (Å²) in [4.78, 5) is 27.0. The van der Waals surface area contributed by atoms with Gasteiger partial charge in [0.2, 0.25) is 0 Å². The Labute approximate surface area is 173 Å². The van der Waals surface area contributed by atoms with Gasteiger partial charge < -0.3 is 15.4 Å². The predicted octanol–water partition coefficient (Wildman–Crippen LogP) is 4.95. The summed E-state index contributed by atoms with van der Waals surface area (Å²) >= 11 is 3.13. The first-order valence-electron chi connectivity index (χ1n) is 9.30. The Hall–Kier alpha value is -2.25. The first-order valence-corrected chi connectivity index (χ1v) is 11.2. The lowest BCUT2D eigenvalue weighted by Crippen LogP contribution is -2.28. The second-order valence-electron chi connectivity index (χ2n) is 6.45. The molecule has 1 aliphatic heterocycles. The smallest absolute Gasteiger partial charge is 0.265 e. The van der Waals surface area contributed by atoms with Crippen molar-refractivity contribution in [2.75, 3.05) is 17.7 Å². The highest BCUT2D eigenvalue weighted by Crippen LogP contribution is 2.27. The molecule has 7 heteroatoms. The predicted molar refractivity (Wildman–Crippen MR) is 116 cm³/mol. The van der Waals surface area contributed by atoms with Crippen molar-refractivity contribution in [2.24, 2.45) is 0 Å². The molecule has 1 aromatic heterocycles. The van der Waals surface area contributed by atoms with E-state index in [9.17, 15) is 9.59 Å². The van der Waals surface area contributed by atoms with Crippen LogP contribution in [-0.4, -0.2) is 24.2 Å². The zero-order valence-electron chi connectivity index (χ0n) is 16.0. The van der Waals surface area contributed by atoms with Crippen LogP contribution in [0.2, 0.25) is 0 Å². The fraction of sp³-hybridized carbons (Fsp3) is 0.333. The maximum Gasteiger partial charge on any atom is 0.265 e. The number of amides is 2. The maximum absolute atomic E-state index is 12.8. The molecule has 0 spiro atoms. The molecule has 3 rings (SSSR count). The van der Waals surface area contributed by atoms with Crippen LogP contribution in [0.5, 0.6) is 0 Å². The molecule has 28 heavy (non-hydrogen) atoms. The molecule has 0 aliphatic carbocycles. The summed E-state index contributed by atoms with van der Waals surface area (Å²) in [6, 6.07) is 11.0. The highest BCUT2D eigenvalue weighted by Gasteiger charge is 2.20. The number of thiophene rings is 1. The number of allylic oxidation sites excluding steroid dienone is 1. The molecule has 0 radical (unpaired) electrons. The lowest BCUT2D eigenvalue weighted by Gasteiger charge is -2.18. The van der Waals surface area contributed by atoms with Gasteiger partial charge in [0.15, 0.2) is 0 Å². The third kappa shape index (κ3) is 5.17. The van der Waals surface area contributed by atoms with Crippen LogP contribution in [0, 0.1) is 0 Å². The fourth-order valence-electron chi connectivity index (χ4n) is 2.96. The van der Waals surface area contributed by atoms with E-state index >= 15 is 0 Å². The first kappa shape index (κ1) is 20.5. The molecule has 1 aromatic carbocycles. The minimum atomic E-state index is -0.206. The lowest BCUT2D eigenvalue weighted by atomic mass is 10.1. The van der Waals surface area contributed by atoms with Crippen LogP contribution in [0.4, 0.5) is 5.69 Å². The monoisotopic (exact) mass is 416 g/mol. The quantitative estimate of drug-likeness (QED) is 0.670. The van der Waals surface area contributed by atoms with Gasteiger partial charge in [0.1, 0.15) is 10.7 Å². The summed E-state index contributed by atoms with van der Waals surface area (Å²) in [7, 11) is 0. The molecule has 2 aromatic rings. The Morgan fingerprint density at radius 2 is 2.07 bits per heavy atom. The molecule has 148 valence electrons. The number of anilines is 1. The number of ether oxygens (including phenoxy) is 1. The molecule has 1 aliphatic rings. The van der Waals surface area contributed by atoms with Gasteiger partial charge in [-0.05, 0) is 43.0 Å². The minimum absolute atomic E-state index is 0.000611. The molecule has 2 heterocycles. The fourth-order valence-corrected chi connectivity index (χ4v) is 4.59. The summed E-state index contributed by atoms with van der Waals surface area (Å²) in [5, 5.41) is 8.00. The van der Waals surface area contributed by atoms with Crippen molar-refractivity contribution in [1.82, 2.24) is 5.32 Å². The SMILES string of the molecule is CCC[C@H](NC(=O)c1cccc(NC(=O)C2=C(C)OCCS2)c1)c1cccs1. The van der Waals surface area contributed by atoms with Gasteiger partial charge in [-0.1, -0.05) is 25.5 Å². The van der Waals surface area contributed by atoms with Gasteiger partial charge >= 0.3 is 0 Å². The van der Waals surface area contributed by atoms with Crippen LogP contribution in [0.15, 0.2) is 52.4 Å². The maximum atomic E-state index is 12.8. The summed E-state index contributed by atoms with van der Waals surface area (Å²) in [6.45, 7) is 4.52. The average molecular weight is 417 g/mol. The summed E-state index contributed by atoms with van der Waals surface area (Å²) < 4.78 is 5.45. The number of benzene rings is 1. The molecule has 0 fully saturated rings. The normalized spacial score (nSPS) is 14.9. The van der Waals surface area contributed by atoms with Crippen LogP contribution in [0.3, 0.4) is 0 Å². The van der Waals surface area contributed by atoms with E-state index in [0.717, 1.165) is 23.5 Å². The van der Waals surface area contributed by atoms with E-state index in [2.05, 4.69) is 17.6 Å². The van der Waals surface area contributed by atoms with E-state index in [-0.39, 0.29) is 17.9 Å². The highest BCUT2D eigenvalue weighted by atomic mass is 32.2. The van der Waals surface area contributed by atoms with Gasteiger partial charge in [-0.3, -0.25) is 9.59 Å². The van der Waals surface area contributed by atoms with Crippen LogP contribution >= 0.6 is 23.1 Å². The molecular formula is C21H24N2O3S2. The van der Waals surface area contributed by atoms with Crippen molar-refractivity contribution in [3.8, 4) is 0 Å².